The quantitative estimate of drug-likeness (QED) is 0.117. The number of azide groups is 1. The summed E-state index contributed by atoms with van der Waals surface area (Å²) in [6.45, 7) is 3.05. The average molecular weight is 295 g/mol. The summed E-state index contributed by atoms with van der Waals surface area (Å²) in [5.41, 5.74) is 8.51. The Balaban J connectivity index is 1.79. The van der Waals surface area contributed by atoms with E-state index in [1.807, 2.05) is 0 Å². The van der Waals surface area contributed by atoms with E-state index in [0.29, 0.717) is 0 Å². The second-order valence-electron chi connectivity index (χ2n) is 6.32. The fourth-order valence-corrected chi connectivity index (χ4v) is 2.86. The smallest absolute Gasteiger partial charge is 0.0894 e. The molecule has 0 aromatic carbocycles. The van der Waals surface area contributed by atoms with Crippen LogP contribution in [0.25, 0.3) is 10.4 Å². The normalized spacial score (nSPS) is 18.2. The minimum atomic E-state index is 0.0816. The number of hydrogen-bond donors (Lipinski definition) is 0. The lowest BCUT2D eigenvalue weighted by Gasteiger charge is -2.07. The standard InChI is InChI=1S/C17H33N3O/c1-2-3-4-5-6-7-8-9-10-11-12-13-14-16(19-20-18)17-15-21-17/h16-17H,2-15H2,1H3/t16-,17+/m0/s1. The number of nitrogens with zero attached hydrogens (tertiary/aromatic N) is 3. The first-order chi connectivity index (χ1) is 10.4. The van der Waals surface area contributed by atoms with E-state index >= 15 is 0 Å². The van der Waals surface area contributed by atoms with Gasteiger partial charge in [0, 0.05) is 4.91 Å². The largest absolute Gasteiger partial charge is 0.373 e. The Kier molecular flexibility index (Phi) is 11.3. The molecule has 0 aliphatic carbocycles. The summed E-state index contributed by atoms with van der Waals surface area (Å²) in [6.07, 6.45) is 17.6. The zero-order valence-corrected chi connectivity index (χ0v) is 13.8. The van der Waals surface area contributed by atoms with Crippen LogP contribution >= 0.6 is 0 Å². The maximum atomic E-state index is 8.51. The molecular formula is C17H33N3O. The monoisotopic (exact) mass is 295 g/mol. The molecule has 0 spiro atoms. The van der Waals surface area contributed by atoms with Gasteiger partial charge in [0.1, 0.15) is 0 Å². The van der Waals surface area contributed by atoms with E-state index < -0.39 is 0 Å². The number of unbranched alkanes of at least 4 members (excludes halogenated alkanes) is 11. The van der Waals surface area contributed by atoms with Crippen molar-refractivity contribution < 1.29 is 4.74 Å². The van der Waals surface area contributed by atoms with Crippen molar-refractivity contribution >= 4 is 0 Å². The molecule has 0 radical (unpaired) electrons. The summed E-state index contributed by atoms with van der Waals surface area (Å²) in [6, 6.07) is 0.0816. The van der Waals surface area contributed by atoms with Crippen LogP contribution < -0.4 is 0 Å². The highest BCUT2D eigenvalue weighted by Crippen LogP contribution is 2.22. The molecular weight excluding hydrogens is 262 g/mol. The molecule has 0 bridgehead atoms. The van der Waals surface area contributed by atoms with Crippen LogP contribution in [-0.2, 0) is 4.74 Å². The number of epoxide rings is 1. The SMILES string of the molecule is CCCCCCCCCCCCCC[C@H](N=[N+]=[N-])[C@H]1CO1. The van der Waals surface area contributed by atoms with Gasteiger partial charge in [-0.1, -0.05) is 89.1 Å². The Morgan fingerprint density at radius 3 is 1.86 bits per heavy atom. The maximum absolute atomic E-state index is 8.51. The molecule has 21 heavy (non-hydrogen) atoms. The van der Waals surface area contributed by atoms with Crippen LogP contribution in [0.1, 0.15) is 90.4 Å². The maximum Gasteiger partial charge on any atom is 0.0894 e. The second kappa shape index (κ2) is 13.0. The van der Waals surface area contributed by atoms with Gasteiger partial charge in [-0.25, -0.2) is 0 Å². The zero-order valence-electron chi connectivity index (χ0n) is 13.8. The summed E-state index contributed by atoms with van der Waals surface area (Å²) in [4.78, 5) is 2.92. The number of hydrogen-bond acceptors (Lipinski definition) is 2. The zero-order chi connectivity index (χ0) is 15.2. The van der Waals surface area contributed by atoms with Gasteiger partial charge in [-0.2, -0.15) is 0 Å². The molecule has 0 saturated carbocycles. The Morgan fingerprint density at radius 2 is 1.43 bits per heavy atom. The summed E-state index contributed by atoms with van der Waals surface area (Å²) in [7, 11) is 0. The fourth-order valence-electron chi connectivity index (χ4n) is 2.86. The van der Waals surface area contributed by atoms with Gasteiger partial charge in [-0.05, 0) is 12.0 Å². The average Bonchev–Trinajstić information content (AvgIpc) is 3.32. The van der Waals surface area contributed by atoms with E-state index in [-0.39, 0.29) is 12.1 Å². The lowest BCUT2D eigenvalue weighted by Crippen LogP contribution is -2.11. The van der Waals surface area contributed by atoms with E-state index in [1.54, 1.807) is 0 Å². The predicted octanol–water partition coefficient (Wildman–Crippen LogP) is 6.16. The number of ether oxygens (including phenoxy) is 1. The van der Waals surface area contributed by atoms with Crippen molar-refractivity contribution in [2.75, 3.05) is 6.61 Å². The minimum absolute atomic E-state index is 0.0816. The molecule has 0 amide bonds. The highest BCUT2D eigenvalue weighted by atomic mass is 16.6. The molecule has 0 aromatic heterocycles. The van der Waals surface area contributed by atoms with Crippen LogP contribution in [0.5, 0.6) is 0 Å². The summed E-state index contributed by atoms with van der Waals surface area (Å²) in [5, 5.41) is 3.83. The molecule has 0 unspecified atom stereocenters. The molecule has 1 fully saturated rings. The molecule has 1 saturated heterocycles. The van der Waals surface area contributed by atoms with Crippen LogP contribution in [0.2, 0.25) is 0 Å². The molecule has 122 valence electrons. The molecule has 2 atom stereocenters. The van der Waals surface area contributed by atoms with Crippen molar-refractivity contribution in [3.63, 3.8) is 0 Å². The van der Waals surface area contributed by atoms with Gasteiger partial charge in [0.2, 0.25) is 0 Å². The van der Waals surface area contributed by atoms with Gasteiger partial charge in [0.25, 0.3) is 0 Å². The highest BCUT2D eigenvalue weighted by molar-refractivity contribution is 4.85. The first-order valence-electron chi connectivity index (χ1n) is 9.04. The van der Waals surface area contributed by atoms with Gasteiger partial charge in [-0.15, -0.1) is 0 Å². The first-order valence-corrected chi connectivity index (χ1v) is 9.04. The van der Waals surface area contributed by atoms with Crippen molar-refractivity contribution in [2.24, 2.45) is 5.11 Å². The summed E-state index contributed by atoms with van der Waals surface area (Å²) < 4.78 is 5.22. The van der Waals surface area contributed by atoms with Crippen molar-refractivity contribution in [2.45, 2.75) is 103 Å². The van der Waals surface area contributed by atoms with Crippen molar-refractivity contribution in [3.8, 4) is 0 Å². The molecule has 1 aliphatic rings. The molecule has 0 N–H and O–H groups in total. The van der Waals surface area contributed by atoms with Gasteiger partial charge < -0.3 is 4.74 Å². The molecule has 1 aliphatic heterocycles. The Bertz CT molecular complexity index is 286. The van der Waals surface area contributed by atoms with Gasteiger partial charge in [0.05, 0.1) is 18.8 Å². The second-order valence-corrected chi connectivity index (χ2v) is 6.32. The van der Waals surface area contributed by atoms with Crippen LogP contribution in [-0.4, -0.2) is 18.8 Å². The van der Waals surface area contributed by atoms with Crippen molar-refractivity contribution in [3.05, 3.63) is 10.4 Å². The van der Waals surface area contributed by atoms with E-state index in [0.717, 1.165) is 13.0 Å². The Morgan fingerprint density at radius 1 is 0.952 bits per heavy atom. The third-order valence-electron chi connectivity index (χ3n) is 4.34. The van der Waals surface area contributed by atoms with E-state index in [9.17, 15) is 0 Å². The van der Waals surface area contributed by atoms with Crippen molar-refractivity contribution in [1.82, 2.24) is 0 Å². The van der Waals surface area contributed by atoms with Crippen molar-refractivity contribution in [1.29, 1.82) is 0 Å². The molecule has 4 heteroatoms. The fraction of sp³-hybridized carbons (Fsp3) is 1.00. The van der Waals surface area contributed by atoms with Crippen LogP contribution in [0.15, 0.2) is 5.11 Å². The number of rotatable bonds is 15. The summed E-state index contributed by atoms with van der Waals surface area (Å²) in [5.74, 6) is 0. The molecule has 1 rings (SSSR count). The third-order valence-corrected chi connectivity index (χ3v) is 4.34. The van der Waals surface area contributed by atoms with Crippen LogP contribution in [0.4, 0.5) is 0 Å². The van der Waals surface area contributed by atoms with Crippen LogP contribution in [0.3, 0.4) is 0 Å². The Hall–Kier alpha value is -0.730. The van der Waals surface area contributed by atoms with Gasteiger partial charge in [0.15, 0.2) is 0 Å². The van der Waals surface area contributed by atoms with Gasteiger partial charge in [-0.3, -0.25) is 0 Å². The summed E-state index contributed by atoms with van der Waals surface area (Å²) >= 11 is 0. The van der Waals surface area contributed by atoms with Gasteiger partial charge >= 0.3 is 0 Å². The molecule has 1 heterocycles. The van der Waals surface area contributed by atoms with E-state index in [2.05, 4.69) is 16.9 Å². The predicted molar refractivity (Wildman–Crippen MR) is 88.4 cm³/mol. The Labute approximate surface area is 130 Å². The lowest BCUT2D eigenvalue weighted by molar-refractivity contribution is 0.358. The minimum Gasteiger partial charge on any atom is -0.373 e. The van der Waals surface area contributed by atoms with Crippen LogP contribution in [0, 0.1) is 0 Å². The molecule has 4 nitrogen and oxygen atoms in total. The third kappa shape index (κ3) is 10.6. The topological polar surface area (TPSA) is 61.3 Å². The highest BCUT2D eigenvalue weighted by Gasteiger charge is 2.31. The molecule has 0 aromatic rings. The van der Waals surface area contributed by atoms with E-state index in [4.69, 9.17) is 10.3 Å². The first kappa shape index (κ1) is 18.3. The lowest BCUT2D eigenvalue weighted by atomic mass is 10.0. The van der Waals surface area contributed by atoms with E-state index in [1.165, 1.54) is 77.0 Å².